The van der Waals surface area contributed by atoms with E-state index < -0.39 is 179 Å². The van der Waals surface area contributed by atoms with Crippen molar-refractivity contribution >= 4 is 141 Å². The van der Waals surface area contributed by atoms with Crippen LogP contribution >= 0.6 is 12.6 Å². The fourth-order valence-corrected chi connectivity index (χ4v) is 10.9. The smallest absolute Gasteiger partial charge is 0.349 e. The minimum absolute atomic E-state index is 0.00332. The van der Waals surface area contributed by atoms with Crippen LogP contribution in [0.4, 0.5) is 29.1 Å². The second-order valence-electron chi connectivity index (χ2n) is 25.2. The molecule has 51 nitrogen and oxygen atoms in total. The number of nitrogens with two attached hydrogens (primary N) is 6. The van der Waals surface area contributed by atoms with Crippen LogP contribution in [-0.4, -0.2) is 325 Å². The average molecular weight is 1660 g/mol. The van der Waals surface area contributed by atoms with E-state index in [0.29, 0.717) is 0 Å². The highest BCUT2D eigenvalue weighted by atomic mass is 32.1. The Balaban J connectivity index is 0.966. The maximum Gasteiger partial charge on any atom is 0.349 e. The number of nitrogens with one attached hydrogen (secondary N) is 7. The van der Waals surface area contributed by atoms with Crippen molar-refractivity contribution in [3.8, 4) is 0 Å². The molecule has 630 valence electrons. The Labute approximate surface area is 668 Å². The van der Waals surface area contributed by atoms with Gasteiger partial charge in [-0.05, 0) is 18.2 Å². The third kappa shape index (κ3) is 29.8. The van der Waals surface area contributed by atoms with Gasteiger partial charge in [0.1, 0.15) is 86.5 Å². The molecule has 0 saturated carbocycles. The average Bonchev–Trinajstić information content (AvgIpc) is 1.67. The van der Waals surface area contributed by atoms with Gasteiger partial charge in [0.2, 0.25) is 76.8 Å². The van der Waals surface area contributed by atoms with Crippen molar-refractivity contribution < 1.29 is 76.5 Å². The summed E-state index contributed by atoms with van der Waals surface area (Å²) in [4.78, 5) is 251. The number of nitrogens with zero attached hydrogens (tertiary/aromatic N) is 19. The standard InChI is InChI=1S/C65H90N32O19S/c1-40(98)84-41(35-117)62(110)77-10-19-114-20-21-115-22-23-116-34-50(104)76-9-18-90(53(107)31-95-13-4-44(68)87-65(95)113)26-47(101)73-6-15-89(52(106)30-94-12-3-43(67)86-64(94)112)25-46(100)74-7-16-92(55(109)33-97-39-83-57-59(71)79-37-81-61(57)97)28-49(103)75-8-17-91(54(108)32-96-38-82-56-58(70)78-36-80-60(56)96)27-48(102)72-5-14-88(24-45(69)99)51(105)29-93-11-2-42(66)85-63(93)111/h2-4,11-13,36-39,41,117H,5-10,14-35H2,1H3,(H2,69,99)(H,72,102)(H,73,101)(H,74,100)(H,75,103)(H,76,104)(H,77,110)(H,84,98)(H2,66,85,111)(H2,67,86,112)(H2,68,87,113)(H2,70,78,80)(H2,71,79,81). The zero-order valence-corrected chi connectivity index (χ0v) is 64.2. The molecule has 7 aromatic heterocycles. The SMILES string of the molecule is CC(=O)NC(CS)C(=O)NCCOCCOCCOCC(=O)NCCN(CC(=O)NCCN(CC(=O)NCCN(CC(=O)NCCN(CC(=O)NCCN(CC(N)=O)C(=O)Cn1ccc(N)nc1=O)C(=O)Cn1cnc2c(N)ncnc21)C(=O)Cn1cnc2c(N)ncnc21)C(=O)Cn1ccc(N)nc1=O)C(=O)Cn1ccc(N)nc1=O. The van der Waals surface area contributed by atoms with Crippen molar-refractivity contribution in [1.29, 1.82) is 0 Å². The number of amides is 13. The number of ether oxygens (including phenoxy) is 3. The van der Waals surface area contributed by atoms with E-state index in [1.807, 2.05) is 0 Å². The summed E-state index contributed by atoms with van der Waals surface area (Å²) in [6.45, 7) is -8.04. The number of thiol groups is 1. The number of hydrogen-bond donors (Lipinski definition) is 14. The lowest BCUT2D eigenvalue weighted by Crippen LogP contribution is -2.50. The highest BCUT2D eigenvalue weighted by Gasteiger charge is 2.27. The fraction of sp³-hybridized carbons (Fsp3) is 0.462. The zero-order valence-electron chi connectivity index (χ0n) is 63.3. The minimum Gasteiger partial charge on any atom is -0.383 e. The second-order valence-corrected chi connectivity index (χ2v) is 25.6. The topological polar surface area (TPSA) is 698 Å². The Morgan fingerprint density at radius 2 is 0.744 bits per heavy atom. The summed E-state index contributed by atoms with van der Waals surface area (Å²) in [5.41, 5.74) is 32.3. The molecule has 1 atom stereocenters. The lowest BCUT2D eigenvalue weighted by atomic mass is 10.3. The van der Waals surface area contributed by atoms with Gasteiger partial charge in [-0.15, -0.1) is 0 Å². The van der Waals surface area contributed by atoms with E-state index in [1.54, 1.807) is 0 Å². The van der Waals surface area contributed by atoms with Crippen LogP contribution in [0.1, 0.15) is 6.92 Å². The van der Waals surface area contributed by atoms with Crippen molar-refractivity contribution in [2.75, 3.05) is 179 Å². The summed E-state index contributed by atoms with van der Waals surface area (Å²) in [5, 5.41) is 18.0. The van der Waals surface area contributed by atoms with Crippen LogP contribution in [0.5, 0.6) is 0 Å². The van der Waals surface area contributed by atoms with Crippen molar-refractivity contribution in [2.24, 2.45) is 5.73 Å². The first-order valence-electron chi connectivity index (χ1n) is 35.7. The van der Waals surface area contributed by atoms with Gasteiger partial charge in [-0.2, -0.15) is 27.6 Å². The van der Waals surface area contributed by atoms with Gasteiger partial charge in [-0.25, -0.2) is 44.3 Å². The molecule has 19 N–H and O–H groups in total. The molecular formula is C65H90N32O19S. The number of fused-ring (bicyclic) bond motifs is 2. The summed E-state index contributed by atoms with van der Waals surface area (Å²) in [5.74, 6) is -9.68. The zero-order chi connectivity index (χ0) is 85.1. The van der Waals surface area contributed by atoms with Crippen LogP contribution in [0.15, 0.2) is 76.5 Å². The predicted octanol–water partition coefficient (Wildman–Crippen LogP) is -11.8. The number of primary amides is 1. The van der Waals surface area contributed by atoms with Gasteiger partial charge in [0, 0.05) is 103 Å². The van der Waals surface area contributed by atoms with Gasteiger partial charge in [-0.3, -0.25) is 76.0 Å². The number of nitrogen functional groups attached to an aromatic ring is 5. The summed E-state index contributed by atoms with van der Waals surface area (Å²) in [6, 6.07) is 2.99. The molecule has 0 aliphatic rings. The van der Waals surface area contributed by atoms with Crippen molar-refractivity contribution in [2.45, 2.75) is 45.7 Å². The number of anilines is 5. The van der Waals surface area contributed by atoms with Gasteiger partial charge in [-0.1, -0.05) is 0 Å². The number of aromatic nitrogens is 14. The number of imidazole rings is 2. The summed E-state index contributed by atoms with van der Waals surface area (Å²) in [6.07, 6.45) is 8.43. The molecule has 0 aliphatic carbocycles. The minimum atomic E-state index is -0.926. The van der Waals surface area contributed by atoms with Gasteiger partial charge >= 0.3 is 17.1 Å². The van der Waals surface area contributed by atoms with Crippen LogP contribution in [-0.2, 0) is 109 Å². The Bertz CT molecular complexity index is 4880. The third-order valence-electron chi connectivity index (χ3n) is 16.4. The maximum absolute atomic E-state index is 14.3. The Morgan fingerprint density at radius 1 is 0.419 bits per heavy atom. The first kappa shape index (κ1) is 90.3. The lowest BCUT2D eigenvalue weighted by Gasteiger charge is -2.26. The van der Waals surface area contributed by atoms with Gasteiger partial charge in [0.05, 0.1) is 78.4 Å². The first-order valence-corrected chi connectivity index (χ1v) is 36.3. The number of carbonyl (C=O) groups is 13. The molecule has 0 spiro atoms. The molecule has 0 radical (unpaired) electrons. The molecule has 7 aromatic rings. The summed E-state index contributed by atoms with van der Waals surface area (Å²) in [7, 11) is 0. The number of rotatable bonds is 49. The van der Waals surface area contributed by atoms with E-state index in [0.717, 1.165) is 50.9 Å². The van der Waals surface area contributed by atoms with Crippen LogP contribution < -0.4 is 88.7 Å². The molecule has 52 heteroatoms. The van der Waals surface area contributed by atoms with Crippen LogP contribution in [0.2, 0.25) is 0 Å². The molecule has 0 saturated heterocycles. The molecule has 1 unspecified atom stereocenters. The van der Waals surface area contributed by atoms with Crippen LogP contribution in [0.3, 0.4) is 0 Å². The van der Waals surface area contributed by atoms with Crippen LogP contribution in [0.25, 0.3) is 22.3 Å². The van der Waals surface area contributed by atoms with Gasteiger partial charge < -0.3 is 119 Å². The van der Waals surface area contributed by atoms with Crippen molar-refractivity contribution in [1.82, 2.24) is 129 Å². The molecule has 0 aliphatic heterocycles. The molecular weight excluding hydrogens is 1560 g/mol. The monoisotopic (exact) mass is 1650 g/mol. The molecule has 0 fully saturated rings. The maximum atomic E-state index is 14.3. The fourth-order valence-electron chi connectivity index (χ4n) is 10.6. The van der Waals surface area contributed by atoms with Gasteiger partial charge in [0.15, 0.2) is 22.9 Å². The summed E-state index contributed by atoms with van der Waals surface area (Å²) < 4.78 is 21.7. The first-order chi connectivity index (χ1) is 55.9. The molecule has 0 bridgehead atoms. The molecule has 7 heterocycles. The third-order valence-corrected chi connectivity index (χ3v) is 16.8. The molecule has 13 amide bonds. The highest BCUT2D eigenvalue weighted by molar-refractivity contribution is 7.80. The normalized spacial score (nSPS) is 11.2. The second kappa shape index (κ2) is 45.7. The largest absolute Gasteiger partial charge is 0.383 e. The molecule has 117 heavy (non-hydrogen) atoms. The van der Waals surface area contributed by atoms with E-state index >= 15 is 0 Å². The predicted molar refractivity (Wildman–Crippen MR) is 412 cm³/mol. The number of hydrogen-bond acceptors (Lipinski definition) is 34. The van der Waals surface area contributed by atoms with E-state index in [9.17, 15) is 76.7 Å². The van der Waals surface area contributed by atoms with Gasteiger partial charge in [0.25, 0.3) is 0 Å². The Morgan fingerprint density at radius 3 is 1.08 bits per heavy atom. The molecule has 0 aromatic carbocycles. The van der Waals surface area contributed by atoms with E-state index in [1.165, 1.54) is 65.5 Å². The van der Waals surface area contributed by atoms with Crippen molar-refractivity contribution in [3.63, 3.8) is 0 Å². The van der Waals surface area contributed by atoms with Crippen LogP contribution in [0, 0.1) is 0 Å². The number of carbonyl (C=O) groups excluding carboxylic acids is 13. The Hall–Kier alpha value is -13.9. The summed E-state index contributed by atoms with van der Waals surface area (Å²) >= 11 is 4.06. The quantitative estimate of drug-likeness (QED) is 0.0124. The van der Waals surface area contributed by atoms with E-state index in [4.69, 9.17) is 48.6 Å². The van der Waals surface area contributed by atoms with E-state index in [2.05, 4.69) is 94.7 Å². The van der Waals surface area contributed by atoms with E-state index in [-0.39, 0.29) is 155 Å². The lowest BCUT2D eigenvalue weighted by molar-refractivity contribution is -0.138. The Kier molecular flexibility index (Phi) is 35.3. The highest BCUT2D eigenvalue weighted by Crippen LogP contribution is 2.16. The molecule has 7 rings (SSSR count). The van der Waals surface area contributed by atoms with Crippen molar-refractivity contribution in [3.05, 3.63) is 93.6 Å².